The number of halogens is 1. The van der Waals surface area contributed by atoms with E-state index in [4.69, 9.17) is 21.4 Å². The molecule has 0 N–H and O–H groups in total. The van der Waals surface area contributed by atoms with Crippen molar-refractivity contribution in [3.05, 3.63) is 75.7 Å². The summed E-state index contributed by atoms with van der Waals surface area (Å²) in [5.41, 5.74) is 8.75. The predicted molar refractivity (Wildman–Crippen MR) is 131 cm³/mol. The first-order valence-electron chi connectivity index (χ1n) is 11.5. The minimum absolute atomic E-state index is 0.416. The van der Waals surface area contributed by atoms with E-state index in [-0.39, 0.29) is 0 Å². The maximum atomic E-state index is 6.37. The summed E-state index contributed by atoms with van der Waals surface area (Å²) in [6.45, 7) is 10.1. The summed E-state index contributed by atoms with van der Waals surface area (Å²) in [7, 11) is 0. The second-order valence-corrected chi connectivity index (χ2v) is 9.63. The molecule has 3 heterocycles. The van der Waals surface area contributed by atoms with Gasteiger partial charge in [0.15, 0.2) is 5.82 Å². The van der Waals surface area contributed by atoms with Crippen molar-refractivity contribution in [2.24, 2.45) is 0 Å². The van der Waals surface area contributed by atoms with Gasteiger partial charge in [-0.2, -0.15) is 0 Å². The molecule has 0 bridgehead atoms. The normalized spacial score (nSPS) is 13.7. The van der Waals surface area contributed by atoms with Gasteiger partial charge in [-0.05, 0) is 73.9 Å². The summed E-state index contributed by atoms with van der Waals surface area (Å²) < 4.78 is 10.9. The quantitative estimate of drug-likeness (QED) is 0.326. The lowest BCUT2D eigenvalue weighted by molar-refractivity contribution is 0.284. The van der Waals surface area contributed by atoms with Crippen LogP contribution in [-0.2, 0) is 19.6 Å². The third kappa shape index (κ3) is 3.61. The molecule has 0 saturated heterocycles. The minimum Gasteiger partial charge on any atom is -0.485 e. The SMILES string of the molecule is Cc1ccc(C(C)C)c(OCc2nn3c(C)c(-c4ccc(Cl)cc4)c4c3n2CCCC4)c1. The fourth-order valence-corrected chi connectivity index (χ4v) is 5.08. The van der Waals surface area contributed by atoms with Crippen LogP contribution in [0.2, 0.25) is 5.02 Å². The third-order valence-electron chi connectivity index (χ3n) is 6.57. The van der Waals surface area contributed by atoms with E-state index in [0.29, 0.717) is 12.5 Å². The van der Waals surface area contributed by atoms with Crippen LogP contribution < -0.4 is 4.74 Å². The molecule has 4 nitrogen and oxygen atoms in total. The lowest BCUT2D eigenvalue weighted by Gasteiger charge is -2.15. The highest BCUT2D eigenvalue weighted by Crippen LogP contribution is 2.37. The van der Waals surface area contributed by atoms with Crippen LogP contribution >= 0.6 is 11.6 Å². The monoisotopic (exact) mass is 447 g/mol. The van der Waals surface area contributed by atoms with Gasteiger partial charge in [0, 0.05) is 28.4 Å². The molecule has 0 amide bonds. The van der Waals surface area contributed by atoms with Crippen LogP contribution in [0.5, 0.6) is 5.75 Å². The highest BCUT2D eigenvalue weighted by Gasteiger charge is 2.25. The van der Waals surface area contributed by atoms with Gasteiger partial charge in [-0.3, -0.25) is 0 Å². The summed E-state index contributed by atoms with van der Waals surface area (Å²) >= 11 is 6.14. The topological polar surface area (TPSA) is 31.5 Å². The molecule has 32 heavy (non-hydrogen) atoms. The molecule has 4 aromatic rings. The van der Waals surface area contributed by atoms with Crippen molar-refractivity contribution in [2.75, 3.05) is 0 Å². The van der Waals surface area contributed by atoms with Gasteiger partial charge in [-0.25, -0.2) is 4.52 Å². The van der Waals surface area contributed by atoms with Crippen molar-refractivity contribution < 1.29 is 4.74 Å². The number of nitrogens with zero attached hydrogens (tertiary/aromatic N) is 3. The number of hydrogen-bond acceptors (Lipinski definition) is 2. The van der Waals surface area contributed by atoms with E-state index in [1.165, 1.54) is 45.6 Å². The molecule has 5 heteroatoms. The first kappa shape index (κ1) is 21.1. The van der Waals surface area contributed by atoms with Gasteiger partial charge in [-0.1, -0.05) is 49.7 Å². The number of benzene rings is 2. The Labute approximate surface area is 194 Å². The van der Waals surface area contributed by atoms with Crippen LogP contribution in [0.1, 0.15) is 60.8 Å². The molecule has 0 fully saturated rings. The molecule has 0 spiro atoms. The lowest BCUT2D eigenvalue weighted by Crippen LogP contribution is -2.08. The van der Waals surface area contributed by atoms with E-state index in [1.807, 2.05) is 12.1 Å². The van der Waals surface area contributed by atoms with Crippen molar-refractivity contribution >= 4 is 17.2 Å². The van der Waals surface area contributed by atoms with E-state index in [0.717, 1.165) is 36.0 Å². The summed E-state index contributed by atoms with van der Waals surface area (Å²) in [5.74, 6) is 2.37. The van der Waals surface area contributed by atoms with Crippen LogP contribution in [0.15, 0.2) is 42.5 Å². The predicted octanol–water partition coefficient (Wildman–Crippen LogP) is 7.11. The van der Waals surface area contributed by atoms with Crippen molar-refractivity contribution in [3.63, 3.8) is 0 Å². The van der Waals surface area contributed by atoms with Gasteiger partial charge in [0.2, 0.25) is 0 Å². The van der Waals surface area contributed by atoms with Gasteiger partial charge >= 0.3 is 0 Å². The molecule has 0 radical (unpaired) electrons. The number of hydrogen-bond donors (Lipinski definition) is 0. The zero-order valence-electron chi connectivity index (χ0n) is 19.3. The summed E-state index contributed by atoms with van der Waals surface area (Å²) in [6.07, 6.45) is 3.39. The smallest absolute Gasteiger partial charge is 0.169 e. The molecule has 5 rings (SSSR count). The van der Waals surface area contributed by atoms with Crippen LogP contribution in [0.4, 0.5) is 0 Å². The van der Waals surface area contributed by atoms with Gasteiger partial charge < -0.3 is 9.30 Å². The van der Waals surface area contributed by atoms with Crippen LogP contribution in [0.25, 0.3) is 16.8 Å². The van der Waals surface area contributed by atoms with Gasteiger partial charge in [-0.15, -0.1) is 5.10 Å². The molecule has 0 atom stereocenters. The molecule has 0 unspecified atom stereocenters. The molecule has 1 aliphatic heterocycles. The van der Waals surface area contributed by atoms with E-state index < -0.39 is 0 Å². The van der Waals surface area contributed by atoms with E-state index in [2.05, 4.69) is 67.1 Å². The Balaban J connectivity index is 1.56. The standard InChI is InChI=1S/C27H30ClN3O/c1-17(2)22-13-8-18(3)15-24(22)32-16-25-29-31-19(4)26(20-9-11-21(28)12-10-20)23-7-5-6-14-30(25)27(23)31/h8-13,15,17H,5-7,14,16H2,1-4H3. The maximum Gasteiger partial charge on any atom is 0.169 e. The number of aromatic nitrogens is 3. The molecule has 2 aromatic carbocycles. The molecular weight excluding hydrogens is 418 g/mol. The van der Waals surface area contributed by atoms with Gasteiger partial charge in [0.25, 0.3) is 0 Å². The zero-order chi connectivity index (χ0) is 22.4. The lowest BCUT2D eigenvalue weighted by atomic mass is 9.98. The third-order valence-corrected chi connectivity index (χ3v) is 6.83. The van der Waals surface area contributed by atoms with Gasteiger partial charge in [0.1, 0.15) is 18.0 Å². The first-order valence-corrected chi connectivity index (χ1v) is 11.9. The van der Waals surface area contributed by atoms with E-state index in [9.17, 15) is 0 Å². The highest BCUT2D eigenvalue weighted by molar-refractivity contribution is 6.30. The second kappa shape index (κ2) is 8.32. The van der Waals surface area contributed by atoms with Crippen LogP contribution in [0, 0.1) is 13.8 Å². The number of ether oxygens (including phenoxy) is 1. The molecular formula is C27H30ClN3O. The Kier molecular flexibility index (Phi) is 5.50. The maximum absolute atomic E-state index is 6.37. The Bertz CT molecular complexity index is 1280. The van der Waals surface area contributed by atoms with Crippen LogP contribution in [0.3, 0.4) is 0 Å². The Morgan fingerprint density at radius 3 is 2.59 bits per heavy atom. The average Bonchev–Trinajstić information content (AvgIpc) is 3.14. The average molecular weight is 448 g/mol. The highest BCUT2D eigenvalue weighted by atomic mass is 35.5. The van der Waals surface area contributed by atoms with Crippen molar-refractivity contribution in [1.29, 1.82) is 0 Å². The molecule has 166 valence electrons. The fourth-order valence-electron chi connectivity index (χ4n) is 4.95. The van der Waals surface area contributed by atoms with Crippen LogP contribution in [-0.4, -0.2) is 14.2 Å². The second-order valence-electron chi connectivity index (χ2n) is 9.19. The van der Waals surface area contributed by atoms with Crippen molar-refractivity contribution in [2.45, 2.75) is 66.0 Å². The number of aryl methyl sites for hydroxylation is 4. The summed E-state index contributed by atoms with van der Waals surface area (Å²) in [6, 6.07) is 14.7. The molecule has 0 saturated carbocycles. The Morgan fingerprint density at radius 1 is 1.06 bits per heavy atom. The van der Waals surface area contributed by atoms with E-state index >= 15 is 0 Å². The zero-order valence-corrected chi connectivity index (χ0v) is 20.0. The molecule has 0 aliphatic carbocycles. The van der Waals surface area contributed by atoms with Gasteiger partial charge in [0.05, 0.1) is 0 Å². The van der Waals surface area contributed by atoms with Crippen molar-refractivity contribution in [1.82, 2.24) is 14.2 Å². The Morgan fingerprint density at radius 2 is 1.84 bits per heavy atom. The minimum atomic E-state index is 0.416. The molecule has 1 aliphatic rings. The van der Waals surface area contributed by atoms with E-state index in [1.54, 1.807) is 0 Å². The largest absolute Gasteiger partial charge is 0.485 e. The number of rotatable bonds is 5. The van der Waals surface area contributed by atoms with Crippen molar-refractivity contribution in [3.8, 4) is 16.9 Å². The molecule has 2 aromatic heterocycles. The summed E-state index contributed by atoms with van der Waals surface area (Å²) in [4.78, 5) is 0. The fraction of sp³-hybridized carbons (Fsp3) is 0.370. The first-order chi connectivity index (χ1) is 15.4. The summed E-state index contributed by atoms with van der Waals surface area (Å²) in [5, 5.41) is 5.79. The Hall–Kier alpha value is -2.72.